The smallest absolute Gasteiger partial charge is 0.256 e. The highest BCUT2D eigenvalue weighted by Crippen LogP contribution is 2.31. The van der Waals surface area contributed by atoms with Crippen LogP contribution in [0.25, 0.3) is 5.69 Å². The molecule has 0 aliphatic rings. The van der Waals surface area contributed by atoms with Crippen molar-refractivity contribution in [3.63, 3.8) is 0 Å². The van der Waals surface area contributed by atoms with Crippen molar-refractivity contribution in [2.75, 3.05) is 13.1 Å². The monoisotopic (exact) mass is 411 g/mol. The molecule has 1 atom stereocenters. The minimum atomic E-state index is -1.07. The number of benzene rings is 1. The second-order valence-electron chi connectivity index (χ2n) is 7.79. The van der Waals surface area contributed by atoms with Gasteiger partial charge in [-0.3, -0.25) is 4.79 Å². The maximum absolute atomic E-state index is 13.2. The minimum absolute atomic E-state index is 0.00437. The zero-order valence-electron chi connectivity index (χ0n) is 18.2. The third kappa shape index (κ3) is 4.28. The number of aromatic nitrogens is 4. The van der Waals surface area contributed by atoms with E-state index in [1.165, 1.54) is 4.80 Å². The van der Waals surface area contributed by atoms with Gasteiger partial charge in [0, 0.05) is 19.5 Å². The molecule has 3 rings (SSSR count). The van der Waals surface area contributed by atoms with Crippen LogP contribution in [0.1, 0.15) is 55.4 Å². The Hall–Kier alpha value is -3.00. The first-order valence-electron chi connectivity index (χ1n) is 10.2. The van der Waals surface area contributed by atoms with Gasteiger partial charge in [0.25, 0.3) is 5.91 Å². The van der Waals surface area contributed by atoms with E-state index in [1.807, 2.05) is 39.0 Å². The van der Waals surface area contributed by atoms with Crippen LogP contribution in [0.4, 0.5) is 0 Å². The van der Waals surface area contributed by atoms with Crippen molar-refractivity contribution < 1.29 is 14.3 Å². The van der Waals surface area contributed by atoms with Gasteiger partial charge in [0.2, 0.25) is 0 Å². The number of hydrogen-bond donors (Lipinski definition) is 1. The molecule has 8 heteroatoms. The number of likely N-dealkylation sites (N-methyl/N-ethyl adjacent to an activating group) is 1. The van der Waals surface area contributed by atoms with Crippen LogP contribution in [0.15, 0.2) is 41.1 Å². The highest BCUT2D eigenvalue weighted by atomic mass is 16.4. The lowest BCUT2D eigenvalue weighted by Crippen LogP contribution is -2.33. The lowest BCUT2D eigenvalue weighted by molar-refractivity contribution is 0.00400. The summed E-state index contributed by atoms with van der Waals surface area (Å²) in [6, 6.07) is 7.27. The van der Waals surface area contributed by atoms with Gasteiger partial charge in [-0.05, 0) is 38.8 Å². The second-order valence-corrected chi connectivity index (χ2v) is 7.79. The zero-order valence-corrected chi connectivity index (χ0v) is 18.2. The van der Waals surface area contributed by atoms with Gasteiger partial charge in [-0.25, -0.2) is 4.98 Å². The maximum atomic E-state index is 13.2. The van der Waals surface area contributed by atoms with Crippen molar-refractivity contribution in [2.45, 2.75) is 46.6 Å². The molecule has 0 saturated heterocycles. The molecular weight excluding hydrogens is 382 g/mol. The summed E-state index contributed by atoms with van der Waals surface area (Å²) in [7, 11) is 0. The van der Waals surface area contributed by atoms with Crippen molar-refractivity contribution in [1.82, 2.24) is 24.9 Å². The average molecular weight is 412 g/mol. The Morgan fingerprint density at radius 1 is 1.27 bits per heavy atom. The Bertz CT molecular complexity index is 992. The van der Waals surface area contributed by atoms with Gasteiger partial charge in [-0.1, -0.05) is 26.0 Å². The number of oxazole rings is 1. The summed E-state index contributed by atoms with van der Waals surface area (Å²) in [4.78, 5) is 20.9. The minimum Gasteiger partial charge on any atom is -0.446 e. The van der Waals surface area contributed by atoms with Gasteiger partial charge in [0.1, 0.15) is 17.1 Å². The van der Waals surface area contributed by atoms with E-state index < -0.39 is 5.60 Å². The average Bonchev–Trinajstić information content (AvgIpc) is 3.38. The third-order valence-corrected chi connectivity index (χ3v) is 5.48. The highest BCUT2D eigenvalue weighted by Gasteiger charge is 2.33. The van der Waals surface area contributed by atoms with Crippen LogP contribution >= 0.6 is 0 Å². The van der Waals surface area contributed by atoms with Gasteiger partial charge in [0.05, 0.1) is 23.6 Å². The number of aliphatic hydroxyl groups is 1. The van der Waals surface area contributed by atoms with E-state index in [4.69, 9.17) is 4.42 Å². The summed E-state index contributed by atoms with van der Waals surface area (Å²) in [6.45, 7) is 10.3. The van der Waals surface area contributed by atoms with Crippen LogP contribution in [-0.2, 0) is 12.0 Å². The molecule has 0 bridgehead atoms. The number of carbonyl (C=O) groups is 1. The van der Waals surface area contributed by atoms with Crippen LogP contribution in [0.2, 0.25) is 0 Å². The summed E-state index contributed by atoms with van der Waals surface area (Å²) >= 11 is 0. The molecule has 0 aliphatic carbocycles. The van der Waals surface area contributed by atoms with E-state index >= 15 is 0 Å². The number of nitrogens with zero attached hydrogens (tertiary/aromatic N) is 5. The van der Waals surface area contributed by atoms with Crippen LogP contribution in [0, 0.1) is 12.8 Å². The van der Waals surface area contributed by atoms with Crippen molar-refractivity contribution in [3.8, 4) is 5.69 Å². The first-order valence-corrected chi connectivity index (χ1v) is 10.2. The van der Waals surface area contributed by atoms with Crippen molar-refractivity contribution >= 4 is 5.91 Å². The molecule has 2 aromatic heterocycles. The van der Waals surface area contributed by atoms with Gasteiger partial charge < -0.3 is 14.4 Å². The molecule has 0 fully saturated rings. The topological polar surface area (TPSA) is 97.3 Å². The van der Waals surface area contributed by atoms with Gasteiger partial charge in [-0.2, -0.15) is 15.0 Å². The largest absolute Gasteiger partial charge is 0.446 e. The predicted molar refractivity (Wildman–Crippen MR) is 112 cm³/mol. The number of para-hydroxylation sites is 1. The lowest BCUT2D eigenvalue weighted by Gasteiger charge is -2.25. The molecule has 8 nitrogen and oxygen atoms in total. The van der Waals surface area contributed by atoms with Gasteiger partial charge in [-0.15, -0.1) is 0 Å². The van der Waals surface area contributed by atoms with Crippen LogP contribution in [0.3, 0.4) is 0 Å². The number of rotatable bonds is 8. The maximum Gasteiger partial charge on any atom is 0.256 e. The highest BCUT2D eigenvalue weighted by molar-refractivity contribution is 5.97. The molecule has 30 heavy (non-hydrogen) atoms. The molecule has 0 aliphatic heterocycles. The number of carbonyl (C=O) groups excluding carboxylic acids is 1. The van der Waals surface area contributed by atoms with E-state index in [2.05, 4.69) is 15.2 Å². The number of amides is 1. The fraction of sp³-hybridized carbons (Fsp3) is 0.455. The molecule has 1 aromatic carbocycles. The standard InChI is InChI=1S/C22H29N5O3/c1-6-26(14-11-19-25-20(16(4)30-19)22(5,29)15(2)3)21(28)17-9-7-8-10-18(17)27-23-12-13-24-27/h7-10,12-13,15,29H,6,11,14H2,1-5H3. The Balaban J connectivity index is 1.77. The predicted octanol–water partition coefficient (Wildman–Crippen LogP) is 3.13. The van der Waals surface area contributed by atoms with E-state index in [-0.39, 0.29) is 11.8 Å². The molecule has 0 saturated carbocycles. The Kier molecular flexibility index (Phi) is 6.36. The molecule has 1 unspecified atom stereocenters. The third-order valence-electron chi connectivity index (χ3n) is 5.48. The summed E-state index contributed by atoms with van der Waals surface area (Å²) in [5.74, 6) is 1.00. The zero-order chi connectivity index (χ0) is 21.9. The fourth-order valence-electron chi connectivity index (χ4n) is 3.27. The fourth-order valence-corrected chi connectivity index (χ4v) is 3.27. The number of hydrogen-bond acceptors (Lipinski definition) is 6. The Labute approximate surface area is 176 Å². The molecule has 0 spiro atoms. The molecule has 1 amide bonds. The van der Waals surface area contributed by atoms with Crippen LogP contribution < -0.4 is 0 Å². The van der Waals surface area contributed by atoms with Crippen molar-refractivity contribution in [2.24, 2.45) is 5.92 Å². The SMILES string of the molecule is CCN(CCc1nc(C(C)(O)C(C)C)c(C)o1)C(=O)c1ccccc1-n1nccn1. The Morgan fingerprint density at radius 3 is 2.57 bits per heavy atom. The van der Waals surface area contributed by atoms with Crippen LogP contribution in [-0.4, -0.2) is 49.0 Å². The van der Waals surface area contributed by atoms with Gasteiger partial charge >= 0.3 is 0 Å². The summed E-state index contributed by atoms with van der Waals surface area (Å²) in [5, 5.41) is 19.0. The van der Waals surface area contributed by atoms with Crippen LogP contribution in [0.5, 0.6) is 0 Å². The van der Waals surface area contributed by atoms with Gasteiger partial charge in [0.15, 0.2) is 5.89 Å². The molecular formula is C22H29N5O3. The quantitative estimate of drug-likeness (QED) is 0.612. The molecule has 2 heterocycles. The first-order chi connectivity index (χ1) is 14.3. The Morgan fingerprint density at radius 2 is 1.93 bits per heavy atom. The van der Waals surface area contributed by atoms with E-state index in [9.17, 15) is 9.90 Å². The molecule has 3 aromatic rings. The summed E-state index contributed by atoms with van der Waals surface area (Å²) < 4.78 is 5.78. The van der Waals surface area contributed by atoms with Crippen molar-refractivity contribution in [1.29, 1.82) is 0 Å². The molecule has 1 N–H and O–H groups in total. The van der Waals surface area contributed by atoms with E-state index in [0.29, 0.717) is 48.1 Å². The van der Waals surface area contributed by atoms with Crippen molar-refractivity contribution in [3.05, 3.63) is 59.6 Å². The lowest BCUT2D eigenvalue weighted by atomic mass is 9.88. The summed E-state index contributed by atoms with van der Waals surface area (Å²) in [5.41, 5.74) is 0.648. The summed E-state index contributed by atoms with van der Waals surface area (Å²) in [6.07, 6.45) is 3.61. The normalized spacial score (nSPS) is 13.4. The molecule has 0 radical (unpaired) electrons. The number of aryl methyl sites for hydroxylation is 1. The first kappa shape index (κ1) is 21.7. The molecule has 160 valence electrons. The second kappa shape index (κ2) is 8.79. The van der Waals surface area contributed by atoms with E-state index in [0.717, 1.165) is 0 Å². The van der Waals surface area contributed by atoms with E-state index in [1.54, 1.807) is 37.2 Å².